The molecule has 0 bridgehead atoms. The molecule has 0 heterocycles. The largest absolute Gasteiger partial charge is 0.435 e. The van der Waals surface area contributed by atoms with Crippen molar-refractivity contribution in [2.75, 3.05) is 0 Å². The Kier molecular flexibility index (Phi) is 37.5. The summed E-state index contributed by atoms with van der Waals surface area (Å²) in [5, 5.41) is 0. The van der Waals surface area contributed by atoms with Gasteiger partial charge in [0.15, 0.2) is 0 Å². The zero-order chi connectivity index (χ0) is 30.4. The van der Waals surface area contributed by atoms with E-state index < -0.39 is 0 Å². The molecular weight excluding hydrogens is 512 g/mol. The van der Waals surface area contributed by atoms with E-state index in [9.17, 15) is 4.79 Å². The van der Waals surface area contributed by atoms with Crippen molar-refractivity contribution in [2.45, 2.75) is 238 Å². The van der Waals surface area contributed by atoms with Crippen molar-refractivity contribution in [3.8, 4) is 0 Å². The predicted molar refractivity (Wildman–Crippen MR) is 188 cm³/mol. The highest BCUT2D eigenvalue weighted by Gasteiger charge is 2.00. The van der Waals surface area contributed by atoms with Crippen LogP contribution in [0.1, 0.15) is 238 Å². The van der Waals surface area contributed by atoms with Crippen molar-refractivity contribution in [1.29, 1.82) is 0 Å². The predicted octanol–water partition coefficient (Wildman–Crippen LogP) is 14.7. The molecule has 250 valence electrons. The summed E-state index contributed by atoms with van der Waals surface area (Å²) in [5.74, 6) is -0.143. The number of carbonyl (C=O) groups excluding carboxylic acids is 1. The number of ether oxygens (including phenoxy) is 1. The first-order valence-electron chi connectivity index (χ1n) is 19.6. The molecule has 0 fully saturated rings. The van der Waals surface area contributed by atoms with Crippen molar-refractivity contribution >= 4 is 5.97 Å². The summed E-state index contributed by atoms with van der Waals surface area (Å²) in [4.78, 5) is 11.2. The molecule has 0 radical (unpaired) electrons. The second-order valence-corrected chi connectivity index (χ2v) is 13.4. The average Bonchev–Trinajstić information content (AvgIpc) is 2.99. The molecule has 42 heavy (non-hydrogen) atoms. The molecule has 0 aromatic rings. The summed E-state index contributed by atoms with van der Waals surface area (Å²) in [6.07, 6.45) is 51.6. The van der Waals surface area contributed by atoms with E-state index in [2.05, 4.69) is 13.5 Å². The molecule has 0 rings (SSSR count). The molecule has 0 aliphatic carbocycles. The van der Waals surface area contributed by atoms with Crippen molar-refractivity contribution in [3.63, 3.8) is 0 Å². The molecule has 0 saturated heterocycles. The average molecular weight is 591 g/mol. The van der Waals surface area contributed by atoms with Gasteiger partial charge in [0.05, 0.1) is 6.26 Å². The molecule has 2 nitrogen and oxygen atoms in total. The first kappa shape index (κ1) is 41.2. The molecule has 0 aliphatic heterocycles. The van der Waals surface area contributed by atoms with Crippen LogP contribution in [0.15, 0.2) is 12.8 Å². The molecule has 0 unspecified atom stereocenters. The minimum Gasteiger partial charge on any atom is -0.435 e. The lowest BCUT2D eigenvalue weighted by Crippen LogP contribution is -1.98. The van der Waals surface area contributed by atoms with E-state index in [1.54, 1.807) is 0 Å². The normalized spacial score (nSPS) is 11.3. The van der Waals surface area contributed by atoms with Crippen LogP contribution in [0.3, 0.4) is 0 Å². The molecule has 0 atom stereocenters. The molecule has 0 aromatic carbocycles. The highest BCUT2D eigenvalue weighted by molar-refractivity contribution is 5.69. The van der Waals surface area contributed by atoms with Gasteiger partial charge < -0.3 is 4.74 Å². The Bertz CT molecular complexity index is 514. The first-order valence-corrected chi connectivity index (χ1v) is 19.6. The summed E-state index contributed by atoms with van der Waals surface area (Å²) in [6.45, 7) is 5.72. The fourth-order valence-electron chi connectivity index (χ4n) is 6.33. The third-order valence-electron chi connectivity index (χ3n) is 9.20. The van der Waals surface area contributed by atoms with Crippen LogP contribution in [0.2, 0.25) is 0 Å². The van der Waals surface area contributed by atoms with Crippen LogP contribution in [0.25, 0.3) is 0 Å². The van der Waals surface area contributed by atoms with Gasteiger partial charge in [-0.3, -0.25) is 4.79 Å². The molecule has 0 aliphatic rings. The van der Waals surface area contributed by atoms with Crippen LogP contribution in [-0.2, 0) is 9.53 Å². The van der Waals surface area contributed by atoms with Gasteiger partial charge in [-0.2, -0.15) is 0 Å². The summed E-state index contributed by atoms with van der Waals surface area (Å²) < 4.78 is 4.74. The number of rotatable bonds is 37. The van der Waals surface area contributed by atoms with Gasteiger partial charge >= 0.3 is 5.97 Å². The summed E-state index contributed by atoms with van der Waals surface area (Å²) >= 11 is 0. The molecule has 0 aromatic heterocycles. The van der Waals surface area contributed by atoms with Gasteiger partial charge in [-0.15, -0.1) is 0 Å². The van der Waals surface area contributed by atoms with Crippen LogP contribution >= 0.6 is 0 Å². The van der Waals surface area contributed by atoms with Crippen LogP contribution in [0, 0.1) is 0 Å². The molecular formula is C40H78O2. The monoisotopic (exact) mass is 591 g/mol. The van der Waals surface area contributed by atoms with E-state index in [4.69, 9.17) is 4.74 Å². The van der Waals surface area contributed by atoms with Crippen LogP contribution in [0.4, 0.5) is 0 Å². The highest BCUT2D eigenvalue weighted by atomic mass is 16.5. The summed E-state index contributed by atoms with van der Waals surface area (Å²) in [6, 6.07) is 0. The van der Waals surface area contributed by atoms with E-state index >= 15 is 0 Å². The standard InChI is InChI=1S/C40H78O2/c1-3-5-6-7-8-9-10-11-12-13-14-15-16-17-18-19-20-21-22-23-24-25-26-27-28-29-30-31-32-33-34-35-36-37-38-39-40(41)42-4-2/h4H,2-3,5-39H2,1H3. The van der Waals surface area contributed by atoms with Crippen molar-refractivity contribution in [1.82, 2.24) is 0 Å². The number of unbranched alkanes of at least 4 members (excludes halogenated alkanes) is 34. The Labute approximate surface area is 266 Å². The Morgan fingerprint density at radius 3 is 0.762 bits per heavy atom. The van der Waals surface area contributed by atoms with Gasteiger partial charge in [0.25, 0.3) is 0 Å². The minimum atomic E-state index is -0.143. The van der Waals surface area contributed by atoms with Gasteiger partial charge in [0.1, 0.15) is 0 Å². The zero-order valence-electron chi connectivity index (χ0n) is 29.1. The fourth-order valence-corrected chi connectivity index (χ4v) is 6.33. The lowest BCUT2D eigenvalue weighted by atomic mass is 10.0. The molecule has 0 spiro atoms. The Balaban J connectivity index is 3.05. The molecule has 2 heteroatoms. The third kappa shape index (κ3) is 37.2. The molecule has 0 N–H and O–H groups in total. The Morgan fingerprint density at radius 2 is 0.571 bits per heavy atom. The van der Waals surface area contributed by atoms with Gasteiger partial charge in [-0.05, 0) is 6.42 Å². The van der Waals surface area contributed by atoms with E-state index in [0.29, 0.717) is 6.42 Å². The van der Waals surface area contributed by atoms with Crippen molar-refractivity contribution in [2.24, 2.45) is 0 Å². The second-order valence-electron chi connectivity index (χ2n) is 13.4. The maximum atomic E-state index is 11.2. The Morgan fingerprint density at radius 1 is 0.381 bits per heavy atom. The SMILES string of the molecule is C=COC(=O)CCCCCCCCCCCCCCCCCCCCCCCCCCCCCCCCCCCCC. The number of hydrogen-bond acceptors (Lipinski definition) is 2. The zero-order valence-corrected chi connectivity index (χ0v) is 29.1. The number of carbonyl (C=O) groups is 1. The Hall–Kier alpha value is -0.790. The van der Waals surface area contributed by atoms with Crippen molar-refractivity contribution in [3.05, 3.63) is 12.8 Å². The maximum Gasteiger partial charge on any atom is 0.310 e. The minimum absolute atomic E-state index is 0.143. The van der Waals surface area contributed by atoms with Crippen LogP contribution < -0.4 is 0 Å². The number of hydrogen-bond donors (Lipinski definition) is 0. The maximum absolute atomic E-state index is 11.2. The topological polar surface area (TPSA) is 26.3 Å². The van der Waals surface area contributed by atoms with Gasteiger partial charge in [-0.25, -0.2) is 0 Å². The lowest BCUT2D eigenvalue weighted by molar-refractivity contribution is -0.138. The highest BCUT2D eigenvalue weighted by Crippen LogP contribution is 2.17. The summed E-state index contributed by atoms with van der Waals surface area (Å²) in [5.41, 5.74) is 0. The van der Waals surface area contributed by atoms with Gasteiger partial charge in [0, 0.05) is 6.42 Å². The van der Waals surface area contributed by atoms with Crippen molar-refractivity contribution < 1.29 is 9.53 Å². The summed E-state index contributed by atoms with van der Waals surface area (Å²) in [7, 11) is 0. The molecule has 0 saturated carbocycles. The van der Waals surface area contributed by atoms with E-state index in [1.807, 2.05) is 0 Å². The molecule has 0 amide bonds. The third-order valence-corrected chi connectivity index (χ3v) is 9.20. The number of esters is 1. The second kappa shape index (κ2) is 38.2. The van der Waals surface area contributed by atoms with Crippen LogP contribution in [0.5, 0.6) is 0 Å². The van der Waals surface area contributed by atoms with E-state index in [-0.39, 0.29) is 5.97 Å². The first-order chi connectivity index (χ1) is 20.8. The van der Waals surface area contributed by atoms with E-state index in [1.165, 1.54) is 218 Å². The van der Waals surface area contributed by atoms with Gasteiger partial charge in [-0.1, -0.05) is 232 Å². The quantitative estimate of drug-likeness (QED) is 0.0408. The van der Waals surface area contributed by atoms with Crippen LogP contribution in [-0.4, -0.2) is 5.97 Å². The fraction of sp³-hybridized carbons (Fsp3) is 0.925. The van der Waals surface area contributed by atoms with Gasteiger partial charge in [0.2, 0.25) is 0 Å². The van der Waals surface area contributed by atoms with E-state index in [0.717, 1.165) is 12.8 Å². The smallest absolute Gasteiger partial charge is 0.310 e. The lowest BCUT2D eigenvalue weighted by Gasteiger charge is -2.05.